The first-order valence-electron chi connectivity index (χ1n) is 5.93. The maximum atomic E-state index is 5.75. The molecule has 3 nitrogen and oxygen atoms in total. The summed E-state index contributed by atoms with van der Waals surface area (Å²) < 4.78 is 0. The van der Waals surface area contributed by atoms with E-state index in [1.54, 1.807) is 0 Å². The van der Waals surface area contributed by atoms with Crippen molar-refractivity contribution in [2.45, 2.75) is 45.6 Å². The number of hydrogen-bond donors (Lipinski definition) is 2. The Bertz CT molecular complexity index is 141. The third kappa shape index (κ3) is 4.40. The molecule has 0 saturated carbocycles. The first kappa shape index (κ1) is 12.0. The zero-order chi connectivity index (χ0) is 10.4. The van der Waals surface area contributed by atoms with Gasteiger partial charge in [0.2, 0.25) is 0 Å². The number of nitrogens with zero attached hydrogens (tertiary/aromatic N) is 1. The van der Waals surface area contributed by atoms with Crippen LogP contribution in [0.1, 0.15) is 39.5 Å². The molecule has 1 heterocycles. The van der Waals surface area contributed by atoms with Crippen molar-refractivity contribution in [3.05, 3.63) is 0 Å². The molecule has 1 fully saturated rings. The fraction of sp³-hybridized carbons (Fsp3) is 1.00. The van der Waals surface area contributed by atoms with Crippen LogP contribution in [0.2, 0.25) is 0 Å². The molecule has 0 spiro atoms. The van der Waals surface area contributed by atoms with Crippen molar-refractivity contribution in [3.63, 3.8) is 0 Å². The Kier molecular flexibility index (Phi) is 5.45. The predicted octanol–water partition coefficient (Wildman–Crippen LogP) is 1.35. The van der Waals surface area contributed by atoms with Crippen molar-refractivity contribution in [2.24, 2.45) is 11.7 Å². The van der Waals surface area contributed by atoms with E-state index in [9.17, 15) is 0 Å². The molecule has 3 N–H and O–H groups in total. The molecule has 0 bridgehead atoms. The molecule has 1 aliphatic rings. The van der Waals surface area contributed by atoms with Gasteiger partial charge in [-0.15, -0.1) is 0 Å². The van der Waals surface area contributed by atoms with Gasteiger partial charge in [0.05, 0.1) is 0 Å². The minimum atomic E-state index is 0.466. The Hall–Kier alpha value is -0.120. The third-order valence-corrected chi connectivity index (χ3v) is 2.76. The van der Waals surface area contributed by atoms with Crippen molar-refractivity contribution in [1.29, 1.82) is 0 Å². The maximum Gasteiger partial charge on any atom is 0.0340 e. The summed E-state index contributed by atoms with van der Waals surface area (Å²) in [6, 6.07) is 0.466. The highest BCUT2D eigenvalue weighted by atomic mass is 15.5. The van der Waals surface area contributed by atoms with Gasteiger partial charge in [0, 0.05) is 25.7 Å². The topological polar surface area (TPSA) is 41.3 Å². The molecule has 0 aliphatic carbocycles. The van der Waals surface area contributed by atoms with Crippen LogP contribution in [0.3, 0.4) is 0 Å². The van der Waals surface area contributed by atoms with Gasteiger partial charge in [0.1, 0.15) is 0 Å². The first-order chi connectivity index (χ1) is 6.72. The lowest BCUT2D eigenvalue weighted by atomic mass is 10.0. The highest BCUT2D eigenvalue weighted by molar-refractivity contribution is 4.70. The van der Waals surface area contributed by atoms with Crippen molar-refractivity contribution in [1.82, 2.24) is 10.4 Å². The van der Waals surface area contributed by atoms with Gasteiger partial charge in [-0.2, -0.15) is 0 Å². The summed E-state index contributed by atoms with van der Waals surface area (Å²) in [5.74, 6) is 0.723. The van der Waals surface area contributed by atoms with Crippen LogP contribution >= 0.6 is 0 Å². The molecule has 14 heavy (non-hydrogen) atoms. The molecule has 0 aromatic heterocycles. The first-order valence-corrected chi connectivity index (χ1v) is 5.93. The van der Waals surface area contributed by atoms with E-state index < -0.39 is 0 Å². The average molecular weight is 199 g/mol. The van der Waals surface area contributed by atoms with Crippen molar-refractivity contribution >= 4 is 0 Å². The molecule has 1 rings (SSSR count). The largest absolute Gasteiger partial charge is 0.329 e. The van der Waals surface area contributed by atoms with E-state index in [2.05, 4.69) is 24.3 Å². The second kappa shape index (κ2) is 6.38. The van der Waals surface area contributed by atoms with Crippen LogP contribution in [0.15, 0.2) is 0 Å². The van der Waals surface area contributed by atoms with Gasteiger partial charge in [-0.3, -0.25) is 5.43 Å². The fourth-order valence-corrected chi connectivity index (χ4v) is 2.05. The minimum Gasteiger partial charge on any atom is -0.329 e. The van der Waals surface area contributed by atoms with E-state index in [0.717, 1.165) is 12.5 Å². The third-order valence-electron chi connectivity index (χ3n) is 2.76. The molecule has 0 aromatic rings. The van der Waals surface area contributed by atoms with E-state index >= 15 is 0 Å². The molecule has 3 heteroatoms. The Morgan fingerprint density at radius 3 is 2.36 bits per heavy atom. The monoisotopic (exact) mass is 199 g/mol. The van der Waals surface area contributed by atoms with E-state index in [1.807, 2.05) is 0 Å². The minimum absolute atomic E-state index is 0.466. The van der Waals surface area contributed by atoms with Crippen molar-refractivity contribution in [3.8, 4) is 0 Å². The fourth-order valence-electron chi connectivity index (χ4n) is 2.05. The molecule has 1 unspecified atom stereocenters. The van der Waals surface area contributed by atoms with Gasteiger partial charge in [0.15, 0.2) is 0 Å². The van der Waals surface area contributed by atoms with Gasteiger partial charge in [-0.05, 0) is 25.2 Å². The van der Waals surface area contributed by atoms with Gasteiger partial charge in [-0.25, -0.2) is 5.01 Å². The summed E-state index contributed by atoms with van der Waals surface area (Å²) in [4.78, 5) is 0. The Labute approximate surface area is 88.0 Å². The normalized spacial score (nSPS) is 21.4. The van der Waals surface area contributed by atoms with Crippen LogP contribution in [0.4, 0.5) is 0 Å². The number of hydrazine groups is 1. The molecular weight excluding hydrogens is 174 g/mol. The summed E-state index contributed by atoms with van der Waals surface area (Å²) in [6.07, 6.45) is 5.21. The van der Waals surface area contributed by atoms with Gasteiger partial charge in [0.25, 0.3) is 0 Å². The summed E-state index contributed by atoms with van der Waals surface area (Å²) >= 11 is 0. The number of piperidine rings is 1. The lowest BCUT2D eigenvalue weighted by molar-refractivity contribution is 0.123. The summed E-state index contributed by atoms with van der Waals surface area (Å²) in [5.41, 5.74) is 9.29. The van der Waals surface area contributed by atoms with Crippen LogP contribution in [-0.2, 0) is 0 Å². The van der Waals surface area contributed by atoms with Crippen LogP contribution in [0, 0.1) is 5.92 Å². The van der Waals surface area contributed by atoms with Gasteiger partial charge >= 0.3 is 0 Å². The van der Waals surface area contributed by atoms with Gasteiger partial charge < -0.3 is 5.73 Å². The molecule has 84 valence electrons. The number of nitrogens with two attached hydrogens (primary N) is 1. The molecule has 0 amide bonds. The molecule has 1 aliphatic heterocycles. The van der Waals surface area contributed by atoms with Crippen LogP contribution < -0.4 is 11.2 Å². The Morgan fingerprint density at radius 1 is 1.21 bits per heavy atom. The molecule has 1 saturated heterocycles. The van der Waals surface area contributed by atoms with Crippen LogP contribution in [0.5, 0.6) is 0 Å². The van der Waals surface area contributed by atoms with E-state index in [-0.39, 0.29) is 0 Å². The molecule has 1 atom stereocenters. The lowest BCUT2D eigenvalue weighted by Crippen LogP contribution is -2.50. The standard InChI is InChI=1S/C11H25N3/c1-10(2)8-11(9-12)13-14-6-4-3-5-7-14/h10-11,13H,3-9,12H2,1-2H3. The Morgan fingerprint density at radius 2 is 1.86 bits per heavy atom. The summed E-state index contributed by atoms with van der Waals surface area (Å²) in [5, 5.41) is 2.35. The number of nitrogens with one attached hydrogen (secondary N) is 1. The van der Waals surface area contributed by atoms with Crippen LogP contribution in [-0.4, -0.2) is 30.7 Å². The second-order valence-corrected chi connectivity index (χ2v) is 4.74. The van der Waals surface area contributed by atoms with E-state index in [4.69, 9.17) is 5.73 Å². The molecule has 0 aromatic carbocycles. The quantitative estimate of drug-likeness (QED) is 0.702. The average Bonchev–Trinajstić information content (AvgIpc) is 2.17. The predicted molar refractivity (Wildman–Crippen MR) is 60.9 cm³/mol. The molecule has 0 radical (unpaired) electrons. The summed E-state index contributed by atoms with van der Waals surface area (Å²) in [6.45, 7) is 7.62. The zero-order valence-electron chi connectivity index (χ0n) is 9.63. The van der Waals surface area contributed by atoms with Gasteiger partial charge in [-0.1, -0.05) is 20.3 Å². The summed E-state index contributed by atoms with van der Waals surface area (Å²) in [7, 11) is 0. The SMILES string of the molecule is CC(C)CC(CN)NN1CCCCC1. The number of hydrogen-bond acceptors (Lipinski definition) is 3. The lowest BCUT2D eigenvalue weighted by Gasteiger charge is -2.31. The smallest absolute Gasteiger partial charge is 0.0340 e. The molecular formula is C11H25N3. The highest BCUT2D eigenvalue weighted by Crippen LogP contribution is 2.09. The van der Waals surface area contributed by atoms with Crippen LogP contribution in [0.25, 0.3) is 0 Å². The number of rotatable bonds is 5. The highest BCUT2D eigenvalue weighted by Gasteiger charge is 2.15. The van der Waals surface area contributed by atoms with E-state index in [1.165, 1.54) is 38.8 Å². The second-order valence-electron chi connectivity index (χ2n) is 4.74. The van der Waals surface area contributed by atoms with Crippen molar-refractivity contribution < 1.29 is 0 Å². The Balaban J connectivity index is 2.23. The van der Waals surface area contributed by atoms with E-state index in [0.29, 0.717) is 6.04 Å². The van der Waals surface area contributed by atoms with Crippen molar-refractivity contribution in [2.75, 3.05) is 19.6 Å². The maximum absolute atomic E-state index is 5.75. The zero-order valence-corrected chi connectivity index (χ0v) is 9.63.